The van der Waals surface area contributed by atoms with Crippen molar-refractivity contribution in [2.75, 3.05) is 7.11 Å². The maximum absolute atomic E-state index is 12.8. The van der Waals surface area contributed by atoms with Crippen molar-refractivity contribution >= 4 is 27.6 Å². The van der Waals surface area contributed by atoms with Crippen molar-refractivity contribution < 1.29 is 23.0 Å². The number of esters is 1. The zero-order valence-corrected chi connectivity index (χ0v) is 15.3. The van der Waals surface area contributed by atoms with Gasteiger partial charge in [0.1, 0.15) is 5.75 Å². The fourth-order valence-electron chi connectivity index (χ4n) is 2.88. The Morgan fingerprint density at radius 1 is 1.40 bits per heavy atom. The largest absolute Gasteiger partial charge is 0.466 e. The second-order valence-electron chi connectivity index (χ2n) is 5.39. The van der Waals surface area contributed by atoms with Gasteiger partial charge in [-0.3, -0.25) is 4.99 Å². The smallest absolute Gasteiger partial charge is 0.387 e. The lowest BCUT2D eigenvalue weighted by Crippen LogP contribution is -2.29. The van der Waals surface area contributed by atoms with Crippen molar-refractivity contribution in [3.05, 3.63) is 39.5 Å². The number of hydrogen-bond donors (Lipinski definition) is 0. The van der Waals surface area contributed by atoms with Gasteiger partial charge in [0.2, 0.25) is 0 Å². The van der Waals surface area contributed by atoms with E-state index in [-0.39, 0.29) is 16.9 Å². The van der Waals surface area contributed by atoms with Gasteiger partial charge in [0.25, 0.3) is 0 Å². The predicted molar refractivity (Wildman–Crippen MR) is 90.4 cm³/mol. The molecule has 0 amide bonds. The van der Waals surface area contributed by atoms with E-state index in [2.05, 4.69) is 31.7 Å². The molecule has 2 atom stereocenters. The number of methoxy groups -OCH3 is 1. The Hall–Kier alpha value is -2.27. The molecule has 1 aliphatic heterocycles. The number of halogens is 3. The number of aliphatic imine (C=N–C) groups is 1. The SMILES string of the molecule is COC(=O)C1=C(C)N=C(C)C(C#N)[C@@H]1c1cc(Br)ccc1OC(F)F. The third-order valence-corrected chi connectivity index (χ3v) is 4.39. The van der Waals surface area contributed by atoms with Crippen molar-refractivity contribution in [2.24, 2.45) is 10.9 Å². The van der Waals surface area contributed by atoms with Crippen molar-refractivity contribution in [1.82, 2.24) is 0 Å². The molecule has 0 radical (unpaired) electrons. The van der Waals surface area contributed by atoms with Crippen molar-refractivity contribution in [1.29, 1.82) is 5.26 Å². The Balaban J connectivity index is 2.72. The number of ether oxygens (including phenoxy) is 2. The monoisotopic (exact) mass is 412 g/mol. The zero-order valence-electron chi connectivity index (χ0n) is 13.7. The summed E-state index contributed by atoms with van der Waals surface area (Å²) in [6.45, 7) is 0.233. The van der Waals surface area contributed by atoms with Gasteiger partial charge in [-0.1, -0.05) is 15.9 Å². The highest BCUT2D eigenvalue weighted by atomic mass is 79.9. The molecule has 1 unspecified atom stereocenters. The molecule has 0 saturated heterocycles. The molecule has 0 spiro atoms. The van der Waals surface area contributed by atoms with Gasteiger partial charge >= 0.3 is 12.6 Å². The molecule has 5 nitrogen and oxygen atoms in total. The van der Waals surface area contributed by atoms with Crippen LogP contribution in [0.15, 0.2) is 38.9 Å². The second kappa shape index (κ2) is 7.74. The van der Waals surface area contributed by atoms with Gasteiger partial charge in [0, 0.05) is 27.4 Å². The fraction of sp³-hybridized carbons (Fsp3) is 0.353. The van der Waals surface area contributed by atoms with Crippen LogP contribution in [-0.4, -0.2) is 25.4 Å². The van der Waals surface area contributed by atoms with Gasteiger partial charge in [-0.2, -0.15) is 14.0 Å². The molecule has 1 aromatic carbocycles. The third-order valence-electron chi connectivity index (χ3n) is 3.90. The minimum atomic E-state index is -3.04. The normalized spacial score (nSPS) is 20.2. The third kappa shape index (κ3) is 3.87. The lowest BCUT2D eigenvalue weighted by molar-refractivity contribution is -0.136. The van der Waals surface area contributed by atoms with Crippen LogP contribution in [0.2, 0.25) is 0 Å². The van der Waals surface area contributed by atoms with Crippen molar-refractivity contribution in [3.8, 4) is 11.8 Å². The molecule has 8 heteroatoms. The van der Waals surface area contributed by atoms with Gasteiger partial charge in [0.05, 0.1) is 24.7 Å². The Labute approximate surface area is 152 Å². The number of rotatable bonds is 4. The van der Waals surface area contributed by atoms with Crippen molar-refractivity contribution in [3.63, 3.8) is 0 Å². The van der Waals surface area contributed by atoms with E-state index in [4.69, 9.17) is 4.74 Å². The van der Waals surface area contributed by atoms with Crippen LogP contribution in [0.4, 0.5) is 8.78 Å². The zero-order chi connectivity index (χ0) is 18.7. The molecular weight excluding hydrogens is 398 g/mol. The van der Waals surface area contributed by atoms with Crippen LogP contribution in [0.5, 0.6) is 5.75 Å². The first kappa shape index (κ1) is 19.1. The number of carbonyl (C=O) groups excluding carboxylic acids is 1. The first-order valence-corrected chi connectivity index (χ1v) is 8.07. The molecule has 25 heavy (non-hydrogen) atoms. The van der Waals surface area contributed by atoms with Gasteiger partial charge < -0.3 is 9.47 Å². The molecule has 132 valence electrons. The van der Waals surface area contributed by atoms with Crippen molar-refractivity contribution in [2.45, 2.75) is 26.4 Å². The summed E-state index contributed by atoms with van der Waals surface area (Å²) in [4.78, 5) is 16.5. The molecule has 1 heterocycles. The molecule has 0 aromatic heterocycles. The highest BCUT2D eigenvalue weighted by Gasteiger charge is 2.39. The quantitative estimate of drug-likeness (QED) is 0.694. The molecular formula is C17H15BrF2N2O3. The Morgan fingerprint density at radius 2 is 2.08 bits per heavy atom. The van der Waals surface area contributed by atoms with E-state index >= 15 is 0 Å². The summed E-state index contributed by atoms with van der Waals surface area (Å²) in [7, 11) is 1.21. The van der Waals surface area contributed by atoms with Gasteiger partial charge in [-0.05, 0) is 32.0 Å². The fourth-order valence-corrected chi connectivity index (χ4v) is 3.26. The molecule has 1 aliphatic rings. The lowest BCUT2D eigenvalue weighted by atomic mass is 9.76. The molecule has 2 rings (SSSR count). The van der Waals surface area contributed by atoms with E-state index in [9.17, 15) is 18.8 Å². The van der Waals surface area contributed by atoms with E-state index < -0.39 is 24.4 Å². The highest BCUT2D eigenvalue weighted by molar-refractivity contribution is 9.10. The van der Waals surface area contributed by atoms with E-state index in [0.717, 1.165) is 0 Å². The van der Waals surface area contributed by atoms with Crippen LogP contribution in [0.3, 0.4) is 0 Å². The molecule has 0 N–H and O–H groups in total. The van der Waals surface area contributed by atoms with E-state index in [1.165, 1.54) is 13.2 Å². The number of hydrogen-bond acceptors (Lipinski definition) is 5. The highest BCUT2D eigenvalue weighted by Crippen LogP contribution is 2.43. The topological polar surface area (TPSA) is 71.7 Å². The summed E-state index contributed by atoms with van der Waals surface area (Å²) in [6.07, 6.45) is 0. The van der Waals surface area contributed by atoms with Gasteiger partial charge in [0.15, 0.2) is 0 Å². The summed E-state index contributed by atoms with van der Waals surface area (Å²) in [6, 6.07) is 6.57. The molecule has 0 aliphatic carbocycles. The average molecular weight is 413 g/mol. The molecule has 0 fully saturated rings. The Bertz CT molecular complexity index is 800. The summed E-state index contributed by atoms with van der Waals surface area (Å²) >= 11 is 3.29. The second-order valence-corrected chi connectivity index (χ2v) is 6.30. The van der Waals surface area contributed by atoms with E-state index in [0.29, 0.717) is 15.9 Å². The summed E-state index contributed by atoms with van der Waals surface area (Å²) in [5.41, 5.74) is 1.30. The number of alkyl halides is 2. The maximum atomic E-state index is 12.8. The first-order chi connectivity index (χ1) is 11.8. The molecule has 1 aromatic rings. The van der Waals surface area contributed by atoms with Gasteiger partial charge in [-0.25, -0.2) is 4.79 Å². The standard InChI is InChI=1S/C17H15BrF2N2O3/c1-8-12(7-21)15(14(9(2)22-8)16(23)24-3)11-6-10(18)4-5-13(11)25-17(19)20/h4-6,12,15,17H,1-3H3/t12?,15-/m0/s1. The maximum Gasteiger partial charge on any atom is 0.387 e. The predicted octanol–water partition coefficient (Wildman–Crippen LogP) is 4.20. The van der Waals surface area contributed by atoms with E-state index in [1.54, 1.807) is 26.0 Å². The minimum absolute atomic E-state index is 0.104. The first-order valence-electron chi connectivity index (χ1n) is 7.28. The number of allylic oxidation sites excluding steroid dienone is 1. The van der Waals surface area contributed by atoms with Crippen LogP contribution < -0.4 is 4.74 Å². The minimum Gasteiger partial charge on any atom is -0.466 e. The number of nitriles is 1. The number of nitrogens with zero attached hydrogens (tertiary/aromatic N) is 2. The lowest BCUT2D eigenvalue weighted by Gasteiger charge is -2.30. The van der Waals surface area contributed by atoms with Crippen LogP contribution in [-0.2, 0) is 9.53 Å². The van der Waals surface area contributed by atoms with Crippen LogP contribution >= 0.6 is 15.9 Å². The van der Waals surface area contributed by atoms with Crippen LogP contribution in [0.25, 0.3) is 0 Å². The Kier molecular flexibility index (Phi) is 5.90. The van der Waals surface area contributed by atoms with Crippen LogP contribution in [0.1, 0.15) is 25.3 Å². The molecule has 0 saturated carbocycles. The Morgan fingerprint density at radius 3 is 2.64 bits per heavy atom. The van der Waals surface area contributed by atoms with Gasteiger partial charge in [-0.15, -0.1) is 0 Å². The average Bonchev–Trinajstić information content (AvgIpc) is 2.54. The summed E-state index contributed by atoms with van der Waals surface area (Å²) < 4.78 is 35.6. The molecule has 0 bridgehead atoms. The number of carbonyl (C=O) groups is 1. The number of benzene rings is 1. The summed E-state index contributed by atoms with van der Waals surface area (Å²) in [5, 5.41) is 9.59. The van der Waals surface area contributed by atoms with E-state index in [1.807, 2.05) is 0 Å². The summed E-state index contributed by atoms with van der Waals surface area (Å²) in [5.74, 6) is -2.41. The van der Waals surface area contributed by atoms with Crippen LogP contribution in [0, 0.1) is 17.2 Å².